The molecule has 4 heterocycles. The highest BCUT2D eigenvalue weighted by Gasteiger charge is 2.33. The molecule has 0 aliphatic carbocycles. The highest BCUT2D eigenvalue weighted by Crippen LogP contribution is 2.40. The summed E-state index contributed by atoms with van der Waals surface area (Å²) in [5.41, 5.74) is 2.77. The van der Waals surface area contributed by atoms with Crippen molar-refractivity contribution in [2.75, 3.05) is 26.8 Å². The van der Waals surface area contributed by atoms with Crippen molar-refractivity contribution in [3.05, 3.63) is 101 Å². The molecule has 1 N–H and O–H groups in total. The van der Waals surface area contributed by atoms with Crippen LogP contribution in [0.5, 0.6) is 23.0 Å². The topological polar surface area (TPSA) is 94.9 Å². The van der Waals surface area contributed by atoms with Gasteiger partial charge in [0.1, 0.15) is 23.9 Å². The number of nitrogens with one attached hydrogen (secondary N) is 1. The van der Waals surface area contributed by atoms with Crippen molar-refractivity contribution in [2.24, 2.45) is 0 Å². The fraction of sp³-hybridized carbons (Fsp3) is 0.258. The normalized spacial score (nSPS) is 16.6. The van der Waals surface area contributed by atoms with Gasteiger partial charge in [-0.2, -0.15) is 5.10 Å². The largest absolute Gasteiger partial charge is 0.493 e. The van der Waals surface area contributed by atoms with Crippen LogP contribution >= 0.6 is 0 Å². The Labute approximate surface area is 236 Å². The van der Waals surface area contributed by atoms with Gasteiger partial charge in [-0.3, -0.25) is 14.3 Å². The van der Waals surface area contributed by atoms with Gasteiger partial charge in [-0.25, -0.2) is 4.39 Å². The number of ether oxygens (including phenoxy) is 3. The van der Waals surface area contributed by atoms with E-state index in [1.165, 1.54) is 18.2 Å². The summed E-state index contributed by atoms with van der Waals surface area (Å²) in [5, 5.41) is 6.95. The minimum Gasteiger partial charge on any atom is -0.493 e. The lowest BCUT2D eigenvalue weighted by molar-refractivity contribution is -0.134. The lowest BCUT2D eigenvalue weighted by Crippen LogP contribution is -2.42. The molecule has 3 aliphatic rings. The minimum atomic E-state index is -0.629. The van der Waals surface area contributed by atoms with Gasteiger partial charge in [0.05, 0.1) is 25.3 Å². The van der Waals surface area contributed by atoms with Crippen LogP contribution in [0.4, 0.5) is 4.39 Å². The molecule has 0 spiro atoms. The van der Waals surface area contributed by atoms with Crippen molar-refractivity contribution >= 4 is 11.8 Å². The summed E-state index contributed by atoms with van der Waals surface area (Å²) in [5.74, 6) is 0.778. The Morgan fingerprint density at radius 1 is 1.15 bits per heavy atom. The summed E-state index contributed by atoms with van der Waals surface area (Å²) in [6, 6.07) is 16.9. The SMILES string of the molecule is COc1ccc2cc1OCCCNC(=O)c1cc(ccc1F)Oc1ccc3c(c1)CCN(C(=O)Cn1cccn1)C23. The maximum absolute atomic E-state index is 14.5. The molecule has 4 aromatic rings. The van der Waals surface area contributed by atoms with Crippen LogP contribution in [0, 0.1) is 5.82 Å². The van der Waals surface area contributed by atoms with E-state index < -0.39 is 11.7 Å². The second-order valence-electron chi connectivity index (χ2n) is 9.92. The maximum atomic E-state index is 14.5. The minimum absolute atomic E-state index is 0.0558. The first kappa shape index (κ1) is 26.4. The van der Waals surface area contributed by atoms with Crippen LogP contribution in [0.2, 0.25) is 0 Å². The van der Waals surface area contributed by atoms with Crippen molar-refractivity contribution in [2.45, 2.75) is 25.4 Å². The Kier molecular flexibility index (Phi) is 7.28. The Bertz CT molecular complexity index is 1590. The Morgan fingerprint density at radius 2 is 2.00 bits per heavy atom. The van der Waals surface area contributed by atoms with E-state index in [-0.39, 0.29) is 37.2 Å². The molecule has 10 heteroatoms. The van der Waals surface area contributed by atoms with Crippen molar-refractivity contribution in [1.82, 2.24) is 20.0 Å². The first-order valence-corrected chi connectivity index (χ1v) is 13.5. The van der Waals surface area contributed by atoms with Crippen LogP contribution in [0.25, 0.3) is 0 Å². The van der Waals surface area contributed by atoms with Crippen molar-refractivity contribution in [3.8, 4) is 23.0 Å². The number of nitrogens with zero attached hydrogens (tertiary/aromatic N) is 3. The number of rotatable bonds is 3. The Balaban J connectivity index is 1.43. The molecule has 210 valence electrons. The summed E-state index contributed by atoms with van der Waals surface area (Å²) in [4.78, 5) is 28.1. The van der Waals surface area contributed by atoms with Gasteiger partial charge in [0.2, 0.25) is 5.91 Å². The highest BCUT2D eigenvalue weighted by molar-refractivity contribution is 5.94. The van der Waals surface area contributed by atoms with Crippen molar-refractivity contribution in [1.29, 1.82) is 0 Å². The number of fused-ring (bicyclic) bond motifs is 6. The molecular weight excluding hydrogens is 527 g/mol. The van der Waals surface area contributed by atoms with Gasteiger partial charge < -0.3 is 24.4 Å². The van der Waals surface area contributed by atoms with Crippen LogP contribution in [-0.2, 0) is 17.8 Å². The number of carbonyl (C=O) groups excluding carboxylic acids is 2. The zero-order valence-corrected chi connectivity index (χ0v) is 22.5. The molecule has 1 atom stereocenters. The van der Waals surface area contributed by atoms with Gasteiger partial charge in [-0.05, 0) is 78.1 Å². The molecule has 8 bridgehead atoms. The summed E-state index contributed by atoms with van der Waals surface area (Å²) in [6.07, 6.45) is 4.52. The fourth-order valence-electron chi connectivity index (χ4n) is 5.32. The number of methoxy groups -OCH3 is 1. The van der Waals surface area contributed by atoms with Crippen molar-refractivity contribution < 1.29 is 28.2 Å². The molecule has 3 aromatic carbocycles. The average Bonchev–Trinajstić information content (AvgIpc) is 3.49. The third-order valence-corrected chi connectivity index (χ3v) is 7.31. The molecule has 7 rings (SSSR count). The lowest BCUT2D eigenvalue weighted by Gasteiger charge is -2.38. The molecule has 0 saturated heterocycles. The molecule has 3 aliphatic heterocycles. The summed E-state index contributed by atoms with van der Waals surface area (Å²) < 4.78 is 33.8. The third-order valence-electron chi connectivity index (χ3n) is 7.31. The van der Waals surface area contributed by atoms with E-state index in [9.17, 15) is 14.0 Å². The van der Waals surface area contributed by atoms with Crippen molar-refractivity contribution in [3.63, 3.8) is 0 Å². The molecule has 9 nitrogen and oxygen atoms in total. The van der Waals surface area contributed by atoms with E-state index in [0.717, 1.165) is 16.7 Å². The summed E-state index contributed by atoms with van der Waals surface area (Å²) in [7, 11) is 1.57. The maximum Gasteiger partial charge on any atom is 0.254 e. The van der Waals surface area contributed by atoms with Crippen LogP contribution < -0.4 is 19.5 Å². The van der Waals surface area contributed by atoms with E-state index >= 15 is 0 Å². The first-order chi connectivity index (χ1) is 20.0. The fourth-order valence-corrected chi connectivity index (χ4v) is 5.32. The third kappa shape index (κ3) is 5.45. The molecule has 1 unspecified atom stereocenters. The number of amides is 2. The van der Waals surface area contributed by atoms with E-state index in [0.29, 0.717) is 42.4 Å². The number of aromatic nitrogens is 2. The monoisotopic (exact) mass is 556 g/mol. The van der Waals surface area contributed by atoms with Crippen LogP contribution in [0.1, 0.15) is 39.5 Å². The average molecular weight is 557 g/mol. The standard InChI is InChI=1S/C31H29FN4O5/c1-39-27-9-4-21-17-28(27)40-15-3-11-33-31(38)25-18-23(6-8-26(25)32)41-22-5-7-24-20(16-22)10-14-36(30(21)24)29(37)19-35-13-2-12-34-35/h2,4-9,12-13,16-18,30H,3,10-11,14-15,19H2,1H3,(H,33,38). The van der Waals surface area contributed by atoms with Gasteiger partial charge in [0, 0.05) is 25.5 Å². The van der Waals surface area contributed by atoms with E-state index in [1.54, 1.807) is 30.3 Å². The van der Waals surface area contributed by atoms with Gasteiger partial charge in [0.25, 0.3) is 5.91 Å². The number of benzene rings is 3. The van der Waals surface area contributed by atoms with Crippen LogP contribution in [0.15, 0.2) is 73.1 Å². The quantitative estimate of drug-likeness (QED) is 0.399. The van der Waals surface area contributed by atoms with Gasteiger partial charge in [-0.15, -0.1) is 0 Å². The van der Waals surface area contributed by atoms with Crippen LogP contribution in [-0.4, -0.2) is 53.3 Å². The highest BCUT2D eigenvalue weighted by atomic mass is 19.1. The molecular formula is C31H29FN4O5. The zero-order chi connectivity index (χ0) is 28.3. The molecule has 0 saturated carbocycles. The van der Waals surface area contributed by atoms with E-state index in [4.69, 9.17) is 14.2 Å². The number of hydrogen-bond donors (Lipinski definition) is 1. The second-order valence-corrected chi connectivity index (χ2v) is 9.92. The van der Waals surface area contributed by atoms with Gasteiger partial charge >= 0.3 is 0 Å². The first-order valence-electron chi connectivity index (χ1n) is 13.5. The predicted molar refractivity (Wildman–Crippen MR) is 148 cm³/mol. The molecule has 41 heavy (non-hydrogen) atoms. The number of hydrogen-bond acceptors (Lipinski definition) is 6. The molecule has 0 fully saturated rings. The van der Waals surface area contributed by atoms with Gasteiger partial charge in [0.15, 0.2) is 11.5 Å². The summed E-state index contributed by atoms with van der Waals surface area (Å²) in [6.45, 7) is 1.19. The lowest BCUT2D eigenvalue weighted by atomic mass is 9.87. The molecule has 2 amide bonds. The number of halogens is 1. The Hall–Kier alpha value is -4.86. The molecule has 1 aromatic heterocycles. The summed E-state index contributed by atoms with van der Waals surface area (Å²) >= 11 is 0. The molecule has 0 radical (unpaired) electrons. The van der Waals surface area contributed by atoms with Crippen LogP contribution in [0.3, 0.4) is 0 Å². The smallest absolute Gasteiger partial charge is 0.254 e. The Morgan fingerprint density at radius 3 is 2.83 bits per heavy atom. The zero-order valence-electron chi connectivity index (χ0n) is 22.5. The van der Waals surface area contributed by atoms with E-state index in [1.807, 2.05) is 41.3 Å². The van der Waals surface area contributed by atoms with E-state index in [2.05, 4.69) is 10.4 Å². The second kappa shape index (κ2) is 11.3. The number of carbonyl (C=O) groups is 2. The predicted octanol–water partition coefficient (Wildman–Crippen LogP) is 4.51. The van der Waals surface area contributed by atoms with Gasteiger partial charge in [-0.1, -0.05) is 12.1 Å².